The Morgan fingerprint density at radius 3 is 2.57 bits per heavy atom. The van der Waals surface area contributed by atoms with E-state index in [1.165, 1.54) is 63.4 Å². The zero-order valence-electron chi connectivity index (χ0n) is 19.2. The number of unbranched alkanes of at least 4 members (excludes halogenated alkanes) is 1. The molecular weight excluding hydrogens is 340 g/mol. The molecule has 1 N–H and O–H groups in total. The Morgan fingerprint density at radius 1 is 1.04 bits per heavy atom. The van der Waals surface area contributed by atoms with E-state index in [1.54, 1.807) is 5.57 Å². The molecule has 7 atom stereocenters. The zero-order chi connectivity index (χ0) is 20.2. The van der Waals surface area contributed by atoms with Gasteiger partial charge in [-0.1, -0.05) is 44.1 Å². The van der Waals surface area contributed by atoms with E-state index in [0.29, 0.717) is 16.2 Å². The van der Waals surface area contributed by atoms with Crippen molar-refractivity contribution in [2.45, 2.75) is 111 Å². The Morgan fingerprint density at radius 2 is 1.82 bits per heavy atom. The number of aliphatic hydroxyl groups is 1. The molecule has 0 aromatic carbocycles. The van der Waals surface area contributed by atoms with E-state index in [2.05, 4.69) is 46.8 Å². The van der Waals surface area contributed by atoms with Crippen LogP contribution in [0.5, 0.6) is 0 Å². The van der Waals surface area contributed by atoms with Crippen LogP contribution in [0.2, 0.25) is 0 Å². The van der Waals surface area contributed by atoms with E-state index in [4.69, 9.17) is 0 Å². The van der Waals surface area contributed by atoms with Gasteiger partial charge in [0.1, 0.15) is 0 Å². The summed E-state index contributed by atoms with van der Waals surface area (Å²) < 4.78 is 0. The van der Waals surface area contributed by atoms with E-state index in [-0.39, 0.29) is 6.10 Å². The SMILES string of the molecule is CC(C)=CCCCC1CCC2C1(C)CCC1C3(C)CCC(O)CC3=CCC12C. The van der Waals surface area contributed by atoms with Gasteiger partial charge in [-0.05, 0) is 118 Å². The molecule has 1 heteroatoms. The fourth-order valence-electron chi connectivity index (χ4n) is 8.63. The molecule has 1 nitrogen and oxygen atoms in total. The summed E-state index contributed by atoms with van der Waals surface area (Å²) in [6.45, 7) is 12.3. The molecule has 0 radical (unpaired) electrons. The minimum Gasteiger partial charge on any atom is -0.393 e. The maximum absolute atomic E-state index is 10.2. The molecule has 3 saturated carbocycles. The summed E-state index contributed by atoms with van der Waals surface area (Å²) in [6, 6.07) is 0. The van der Waals surface area contributed by atoms with Gasteiger partial charge in [0.2, 0.25) is 0 Å². The van der Waals surface area contributed by atoms with Gasteiger partial charge in [0.05, 0.1) is 6.10 Å². The minimum absolute atomic E-state index is 0.0887. The quantitative estimate of drug-likeness (QED) is 0.394. The molecule has 0 heterocycles. The van der Waals surface area contributed by atoms with Crippen LogP contribution in [0.4, 0.5) is 0 Å². The summed E-state index contributed by atoms with van der Waals surface area (Å²) >= 11 is 0. The second-order valence-corrected chi connectivity index (χ2v) is 11.9. The van der Waals surface area contributed by atoms with Crippen LogP contribution in [0.15, 0.2) is 23.3 Å². The smallest absolute Gasteiger partial charge is 0.0577 e. The normalized spacial score (nSPS) is 47.6. The van der Waals surface area contributed by atoms with Crippen LogP contribution in [0, 0.1) is 34.0 Å². The predicted octanol–water partition coefficient (Wildman–Crippen LogP) is 7.45. The third-order valence-corrected chi connectivity index (χ3v) is 10.1. The van der Waals surface area contributed by atoms with Gasteiger partial charge in [0, 0.05) is 0 Å². The first-order valence-electron chi connectivity index (χ1n) is 12.2. The van der Waals surface area contributed by atoms with Crippen LogP contribution >= 0.6 is 0 Å². The van der Waals surface area contributed by atoms with Gasteiger partial charge < -0.3 is 5.11 Å². The van der Waals surface area contributed by atoms with Crippen molar-refractivity contribution < 1.29 is 5.11 Å². The van der Waals surface area contributed by atoms with E-state index in [0.717, 1.165) is 30.6 Å². The second kappa shape index (κ2) is 7.29. The molecule has 4 rings (SSSR count). The van der Waals surface area contributed by atoms with Crippen molar-refractivity contribution in [3.63, 3.8) is 0 Å². The van der Waals surface area contributed by atoms with Gasteiger partial charge in [-0.25, -0.2) is 0 Å². The van der Waals surface area contributed by atoms with E-state index in [9.17, 15) is 5.11 Å². The first-order chi connectivity index (χ1) is 13.2. The van der Waals surface area contributed by atoms with Crippen molar-refractivity contribution in [3.8, 4) is 0 Å². The number of rotatable bonds is 4. The average molecular weight is 385 g/mol. The van der Waals surface area contributed by atoms with Crippen LogP contribution in [0.1, 0.15) is 105 Å². The molecule has 0 aliphatic heterocycles. The molecule has 4 aliphatic carbocycles. The number of hydrogen-bond acceptors (Lipinski definition) is 1. The highest BCUT2D eigenvalue weighted by Gasteiger charge is 2.63. The monoisotopic (exact) mass is 384 g/mol. The highest BCUT2D eigenvalue weighted by atomic mass is 16.3. The van der Waals surface area contributed by atoms with Crippen LogP contribution in [0.3, 0.4) is 0 Å². The number of aliphatic hydroxyl groups excluding tert-OH is 1. The van der Waals surface area contributed by atoms with Gasteiger partial charge in [0.25, 0.3) is 0 Å². The Bertz CT molecular complexity index is 655. The Kier molecular flexibility index (Phi) is 5.39. The summed E-state index contributed by atoms with van der Waals surface area (Å²) in [5.41, 5.74) is 4.47. The maximum atomic E-state index is 10.2. The molecule has 0 aromatic heterocycles. The fraction of sp³-hybridized carbons (Fsp3) is 0.852. The van der Waals surface area contributed by atoms with Gasteiger partial charge in [0.15, 0.2) is 0 Å². The first-order valence-corrected chi connectivity index (χ1v) is 12.2. The van der Waals surface area contributed by atoms with E-state index >= 15 is 0 Å². The van der Waals surface area contributed by atoms with Crippen molar-refractivity contribution in [1.82, 2.24) is 0 Å². The summed E-state index contributed by atoms with van der Waals surface area (Å²) in [7, 11) is 0. The number of fused-ring (bicyclic) bond motifs is 5. The molecule has 0 spiro atoms. The maximum Gasteiger partial charge on any atom is 0.0577 e. The van der Waals surface area contributed by atoms with E-state index < -0.39 is 0 Å². The molecule has 158 valence electrons. The standard InChI is InChI=1S/C27H44O/c1-19(2)8-6-7-9-20-10-11-23-25(20,3)17-14-24-26(4)16-13-22(28)18-21(26)12-15-27(23,24)5/h8,12,20,22-24,28H,6-7,9-11,13-18H2,1-5H3. The molecule has 0 amide bonds. The van der Waals surface area contributed by atoms with Gasteiger partial charge in [-0.3, -0.25) is 0 Å². The molecule has 0 saturated heterocycles. The zero-order valence-corrected chi connectivity index (χ0v) is 19.2. The largest absolute Gasteiger partial charge is 0.393 e. The Balaban J connectivity index is 1.54. The first kappa shape index (κ1) is 20.7. The number of hydrogen-bond donors (Lipinski definition) is 1. The van der Waals surface area contributed by atoms with Gasteiger partial charge in [-0.15, -0.1) is 0 Å². The lowest BCUT2D eigenvalue weighted by Crippen LogP contribution is -2.55. The van der Waals surface area contributed by atoms with Crippen molar-refractivity contribution >= 4 is 0 Å². The third-order valence-electron chi connectivity index (χ3n) is 10.1. The molecule has 7 unspecified atom stereocenters. The average Bonchev–Trinajstić information content (AvgIpc) is 2.97. The third kappa shape index (κ3) is 3.15. The minimum atomic E-state index is -0.0887. The highest BCUT2D eigenvalue weighted by Crippen LogP contribution is 2.71. The molecule has 28 heavy (non-hydrogen) atoms. The lowest BCUT2D eigenvalue weighted by Gasteiger charge is -2.63. The molecule has 0 aromatic rings. The summed E-state index contributed by atoms with van der Waals surface area (Å²) in [6.07, 6.45) is 19.2. The van der Waals surface area contributed by atoms with Crippen molar-refractivity contribution in [2.75, 3.05) is 0 Å². The summed E-state index contributed by atoms with van der Waals surface area (Å²) in [5, 5.41) is 10.2. The van der Waals surface area contributed by atoms with Gasteiger partial charge in [-0.2, -0.15) is 0 Å². The summed E-state index contributed by atoms with van der Waals surface area (Å²) in [5.74, 6) is 2.66. The topological polar surface area (TPSA) is 20.2 Å². The van der Waals surface area contributed by atoms with Crippen molar-refractivity contribution in [1.29, 1.82) is 0 Å². The van der Waals surface area contributed by atoms with Crippen LogP contribution in [-0.4, -0.2) is 11.2 Å². The van der Waals surface area contributed by atoms with Crippen LogP contribution in [-0.2, 0) is 0 Å². The van der Waals surface area contributed by atoms with Gasteiger partial charge >= 0.3 is 0 Å². The van der Waals surface area contributed by atoms with Crippen molar-refractivity contribution in [3.05, 3.63) is 23.3 Å². The molecule has 3 fully saturated rings. The Labute approximate surface area is 174 Å². The molecular formula is C27H44O. The fourth-order valence-corrected chi connectivity index (χ4v) is 8.63. The molecule has 4 aliphatic rings. The highest BCUT2D eigenvalue weighted by molar-refractivity contribution is 5.27. The van der Waals surface area contributed by atoms with Crippen molar-refractivity contribution in [2.24, 2.45) is 34.0 Å². The lowest BCUT2D eigenvalue weighted by molar-refractivity contribution is -0.110. The number of allylic oxidation sites excluding steroid dienone is 3. The predicted molar refractivity (Wildman–Crippen MR) is 119 cm³/mol. The lowest BCUT2D eigenvalue weighted by atomic mass is 9.41. The van der Waals surface area contributed by atoms with Crippen LogP contribution < -0.4 is 0 Å². The summed E-state index contributed by atoms with van der Waals surface area (Å²) in [4.78, 5) is 0. The second-order valence-electron chi connectivity index (χ2n) is 11.9. The Hall–Kier alpha value is -0.560. The van der Waals surface area contributed by atoms with E-state index in [1.807, 2.05) is 0 Å². The van der Waals surface area contributed by atoms with Crippen LogP contribution in [0.25, 0.3) is 0 Å². The molecule has 0 bridgehead atoms.